The first kappa shape index (κ1) is 59.4. The van der Waals surface area contributed by atoms with Gasteiger partial charge in [0.2, 0.25) is 0 Å². The van der Waals surface area contributed by atoms with Crippen molar-refractivity contribution in [1.29, 1.82) is 0 Å². The zero-order valence-corrected chi connectivity index (χ0v) is 57.0. The molecule has 104 heavy (non-hydrogen) atoms. The van der Waals surface area contributed by atoms with Gasteiger partial charge in [0.15, 0.2) is 0 Å². The average molecular weight is 1310 g/mol. The lowest BCUT2D eigenvalue weighted by atomic mass is 9.84. The molecule has 0 nitrogen and oxygen atoms in total. The van der Waals surface area contributed by atoms with Gasteiger partial charge in [0.25, 0.3) is 0 Å². The van der Waals surface area contributed by atoms with Crippen LogP contribution in [0.3, 0.4) is 0 Å². The number of hydrogen-bond acceptors (Lipinski definition) is 0. The van der Waals surface area contributed by atoms with E-state index in [2.05, 4.69) is 388 Å². The molecule has 22 aromatic carbocycles. The van der Waals surface area contributed by atoms with Crippen LogP contribution >= 0.6 is 0 Å². The van der Waals surface area contributed by atoms with Crippen molar-refractivity contribution in [2.24, 2.45) is 0 Å². The lowest BCUT2D eigenvalue weighted by Gasteiger charge is -2.19. The Hall–Kier alpha value is -13.5. The predicted octanol–water partition coefficient (Wildman–Crippen LogP) is 29.5. The molecule has 0 unspecified atom stereocenters. The summed E-state index contributed by atoms with van der Waals surface area (Å²) in [6.45, 7) is 0. The van der Waals surface area contributed by atoms with Gasteiger partial charge in [0, 0.05) is 0 Å². The number of fused-ring (bicyclic) bond motifs is 19. The minimum atomic E-state index is 1.23. The maximum atomic E-state index is 2.41. The fraction of sp³-hybridized carbons (Fsp3) is 0. The quantitative estimate of drug-likeness (QED) is 0.115. The van der Waals surface area contributed by atoms with Crippen LogP contribution in [0.5, 0.6) is 0 Å². The van der Waals surface area contributed by atoms with E-state index in [0.717, 1.165) is 0 Å². The van der Waals surface area contributed by atoms with Crippen LogP contribution in [-0.4, -0.2) is 0 Å². The molecule has 22 aromatic rings. The van der Waals surface area contributed by atoms with Crippen LogP contribution < -0.4 is 0 Å². The molecule has 0 aliphatic rings. The Kier molecular flexibility index (Phi) is 13.8. The summed E-state index contributed by atoms with van der Waals surface area (Å²) in [5.74, 6) is 0. The summed E-state index contributed by atoms with van der Waals surface area (Å²) in [4.78, 5) is 0. The minimum absolute atomic E-state index is 1.23. The van der Waals surface area contributed by atoms with Crippen LogP contribution in [0.2, 0.25) is 0 Å². The van der Waals surface area contributed by atoms with Gasteiger partial charge in [-0.3, -0.25) is 0 Å². The second kappa shape index (κ2) is 24.1. The average Bonchev–Trinajstić information content (AvgIpc) is 0.740. The number of benzene rings is 22. The first-order valence-electron chi connectivity index (χ1n) is 36.2. The maximum Gasteiger partial charge on any atom is -0.00201 e. The lowest BCUT2D eigenvalue weighted by Crippen LogP contribution is -1.92. The van der Waals surface area contributed by atoms with Gasteiger partial charge in [0.1, 0.15) is 0 Å². The molecule has 0 heterocycles. The standard InChI is InChI=1S/2C52H32/c1-3-15-39-34(12-1)14-11-23-44(39)52-47-21-9-7-19-45(47)51(46-20-8-10-22-48(46)52)37-27-25-33-24-26-36(30-38(33)31-37)49-32-50-40-16-4-2-13-35(40)28-29-43(50)41-17-5-6-18-42(41)49;1-2-14-39-34(12-1)13-11-23-45(39)52-48-21-9-7-19-46(48)51(47-20-8-10-22-49(47)52)37-27-25-33-24-26-35(30-38(33)31-37)36-28-29-44-42-17-4-3-15-40(42)41-16-5-6-18-43(41)50(44)32-36/h2*1-32H. The van der Waals surface area contributed by atoms with E-state index in [-0.39, 0.29) is 0 Å². The summed E-state index contributed by atoms with van der Waals surface area (Å²) in [6.07, 6.45) is 0. The van der Waals surface area contributed by atoms with E-state index in [1.54, 1.807) is 0 Å². The number of rotatable bonds is 6. The zero-order valence-electron chi connectivity index (χ0n) is 57.0. The molecule has 0 amide bonds. The first-order valence-corrected chi connectivity index (χ1v) is 36.2. The molecule has 0 saturated carbocycles. The molecule has 0 atom stereocenters. The van der Waals surface area contributed by atoms with E-state index in [4.69, 9.17) is 0 Å². The van der Waals surface area contributed by atoms with Crippen molar-refractivity contribution in [2.45, 2.75) is 0 Å². The van der Waals surface area contributed by atoms with Gasteiger partial charge in [-0.05, 0) is 254 Å². The van der Waals surface area contributed by atoms with Crippen LogP contribution in [-0.2, 0) is 0 Å². The smallest absolute Gasteiger partial charge is 0.00201 e. The summed E-state index contributed by atoms with van der Waals surface area (Å²) in [5, 5.41) is 35.8. The zero-order chi connectivity index (χ0) is 68.3. The second-order valence-electron chi connectivity index (χ2n) is 28.0. The fourth-order valence-electron chi connectivity index (χ4n) is 17.7. The normalized spacial score (nSPS) is 11.8. The van der Waals surface area contributed by atoms with E-state index in [0.29, 0.717) is 0 Å². The molecule has 0 fully saturated rings. The molecule has 22 rings (SSSR count). The Morgan fingerprint density at radius 1 is 0.0962 bits per heavy atom. The van der Waals surface area contributed by atoms with Gasteiger partial charge in [-0.25, -0.2) is 0 Å². The van der Waals surface area contributed by atoms with E-state index < -0.39 is 0 Å². The molecular weight excluding hydrogens is 1250 g/mol. The topological polar surface area (TPSA) is 0 Å². The lowest BCUT2D eigenvalue weighted by molar-refractivity contribution is 1.67. The van der Waals surface area contributed by atoms with Crippen molar-refractivity contribution in [2.75, 3.05) is 0 Å². The molecule has 0 aromatic heterocycles. The first-order chi connectivity index (χ1) is 51.6. The van der Waals surface area contributed by atoms with Gasteiger partial charge in [-0.2, -0.15) is 0 Å². The van der Waals surface area contributed by atoms with Crippen molar-refractivity contribution in [1.82, 2.24) is 0 Å². The molecule has 0 aliphatic heterocycles. The summed E-state index contributed by atoms with van der Waals surface area (Å²) < 4.78 is 0. The summed E-state index contributed by atoms with van der Waals surface area (Å²) in [7, 11) is 0. The third-order valence-electron chi connectivity index (χ3n) is 22.4. The van der Waals surface area contributed by atoms with Gasteiger partial charge in [0.05, 0.1) is 0 Å². The van der Waals surface area contributed by atoms with Crippen molar-refractivity contribution in [3.63, 3.8) is 0 Å². The largest absolute Gasteiger partial charge is 0.0616 e. The summed E-state index contributed by atoms with van der Waals surface area (Å²) in [6, 6.07) is 144. The van der Waals surface area contributed by atoms with E-state index in [1.165, 1.54) is 218 Å². The summed E-state index contributed by atoms with van der Waals surface area (Å²) in [5.41, 5.74) is 15.1. The molecule has 0 heteroatoms. The van der Waals surface area contributed by atoms with Gasteiger partial charge in [-0.1, -0.05) is 352 Å². The highest BCUT2D eigenvalue weighted by Gasteiger charge is 2.22. The number of hydrogen-bond donors (Lipinski definition) is 0. The van der Waals surface area contributed by atoms with Gasteiger partial charge in [-0.15, -0.1) is 0 Å². The van der Waals surface area contributed by atoms with E-state index in [9.17, 15) is 0 Å². The Morgan fingerprint density at radius 3 is 0.808 bits per heavy atom. The maximum absolute atomic E-state index is 2.41. The van der Waals surface area contributed by atoms with E-state index >= 15 is 0 Å². The fourth-order valence-corrected chi connectivity index (χ4v) is 17.7. The molecule has 0 bridgehead atoms. The third-order valence-corrected chi connectivity index (χ3v) is 22.4. The monoisotopic (exact) mass is 1310 g/mol. The minimum Gasteiger partial charge on any atom is -0.0616 e. The van der Waals surface area contributed by atoms with E-state index in [1.807, 2.05) is 0 Å². The molecule has 0 radical (unpaired) electrons. The Bertz CT molecular complexity index is 7190. The van der Waals surface area contributed by atoms with Crippen LogP contribution in [0.1, 0.15) is 0 Å². The van der Waals surface area contributed by atoms with Gasteiger partial charge < -0.3 is 0 Å². The van der Waals surface area contributed by atoms with Crippen molar-refractivity contribution < 1.29 is 0 Å². The van der Waals surface area contributed by atoms with Crippen LogP contribution in [0, 0.1) is 0 Å². The summed E-state index contributed by atoms with van der Waals surface area (Å²) >= 11 is 0. The Balaban J connectivity index is 0.000000134. The van der Waals surface area contributed by atoms with Crippen molar-refractivity contribution >= 4 is 151 Å². The van der Waals surface area contributed by atoms with Crippen LogP contribution in [0.25, 0.3) is 218 Å². The molecule has 0 spiro atoms. The molecule has 0 N–H and O–H groups in total. The Labute approximate surface area is 601 Å². The SMILES string of the molecule is c1ccc2c(-c3c4ccccc4c(-c4ccc5ccc(-c6cc7c8ccccc8ccc7c7ccccc67)cc5c4)c4ccccc34)cccc2c1.c1ccc2c(-c3c4ccccc4c(-c4ccc5ccc(-c6ccc7c8ccccc8c8ccccc8c7c6)cc5c4)c4ccccc34)cccc2c1. The van der Waals surface area contributed by atoms with Crippen LogP contribution in [0.4, 0.5) is 0 Å². The van der Waals surface area contributed by atoms with Crippen LogP contribution in [0.15, 0.2) is 388 Å². The second-order valence-corrected chi connectivity index (χ2v) is 28.0. The molecular formula is C104H64. The highest BCUT2D eigenvalue weighted by molar-refractivity contribution is 6.28. The highest BCUT2D eigenvalue weighted by Crippen LogP contribution is 2.49. The van der Waals surface area contributed by atoms with Crippen molar-refractivity contribution in [3.8, 4) is 66.8 Å². The third kappa shape index (κ3) is 9.54. The Morgan fingerprint density at radius 2 is 0.356 bits per heavy atom. The van der Waals surface area contributed by atoms with Crippen molar-refractivity contribution in [3.05, 3.63) is 388 Å². The predicted molar refractivity (Wildman–Crippen MR) is 451 cm³/mol. The molecule has 480 valence electrons. The molecule has 0 aliphatic carbocycles. The highest BCUT2D eigenvalue weighted by atomic mass is 14.3. The van der Waals surface area contributed by atoms with Gasteiger partial charge >= 0.3 is 0 Å². The molecule has 0 saturated heterocycles.